The quantitative estimate of drug-likeness (QED) is 0.893. The fraction of sp³-hybridized carbons (Fsp3) is 0.286. The highest BCUT2D eigenvalue weighted by atomic mass is 16.5. The minimum atomic E-state index is 0.446. The summed E-state index contributed by atoms with van der Waals surface area (Å²) in [4.78, 5) is 7.98. The number of hydrogen-bond acceptors (Lipinski definition) is 5. The van der Waals surface area contributed by atoms with Crippen molar-refractivity contribution in [3.05, 3.63) is 30.7 Å². The molecule has 1 aromatic heterocycles. The SMILES string of the molecule is CCOc1ccc(-c2cncnc2N)cc1OCC. The van der Waals surface area contributed by atoms with Crippen LogP contribution in [0.25, 0.3) is 11.1 Å². The monoisotopic (exact) mass is 259 g/mol. The third kappa shape index (κ3) is 2.93. The van der Waals surface area contributed by atoms with E-state index in [4.69, 9.17) is 15.2 Å². The summed E-state index contributed by atoms with van der Waals surface area (Å²) in [7, 11) is 0. The van der Waals surface area contributed by atoms with E-state index in [0.717, 1.165) is 16.9 Å². The Kier molecular flexibility index (Phi) is 4.18. The third-order valence-corrected chi connectivity index (χ3v) is 2.60. The molecule has 0 aliphatic carbocycles. The molecule has 2 rings (SSSR count). The standard InChI is InChI=1S/C14H17N3O2/c1-3-18-12-6-5-10(7-13(12)19-4-2)11-8-16-9-17-14(11)15/h5-9H,3-4H2,1-2H3,(H2,15,16,17). The Bertz CT molecular complexity index is 558. The van der Waals surface area contributed by atoms with E-state index in [9.17, 15) is 0 Å². The molecule has 0 aliphatic rings. The van der Waals surface area contributed by atoms with Crippen LogP contribution in [0.15, 0.2) is 30.7 Å². The van der Waals surface area contributed by atoms with Gasteiger partial charge in [0.05, 0.1) is 13.2 Å². The second-order valence-electron chi connectivity index (χ2n) is 3.85. The topological polar surface area (TPSA) is 70.3 Å². The van der Waals surface area contributed by atoms with Gasteiger partial charge < -0.3 is 15.2 Å². The van der Waals surface area contributed by atoms with Gasteiger partial charge in [-0.1, -0.05) is 6.07 Å². The molecule has 0 saturated heterocycles. The van der Waals surface area contributed by atoms with Crippen LogP contribution in [-0.2, 0) is 0 Å². The van der Waals surface area contributed by atoms with E-state index in [2.05, 4.69) is 9.97 Å². The number of anilines is 1. The Morgan fingerprint density at radius 3 is 2.53 bits per heavy atom. The van der Waals surface area contributed by atoms with Crippen molar-refractivity contribution in [2.45, 2.75) is 13.8 Å². The Morgan fingerprint density at radius 2 is 1.84 bits per heavy atom. The van der Waals surface area contributed by atoms with Crippen molar-refractivity contribution in [2.24, 2.45) is 0 Å². The van der Waals surface area contributed by atoms with Crippen LogP contribution < -0.4 is 15.2 Å². The summed E-state index contributed by atoms with van der Waals surface area (Å²) < 4.78 is 11.1. The number of aromatic nitrogens is 2. The van der Waals surface area contributed by atoms with Crippen molar-refractivity contribution in [3.8, 4) is 22.6 Å². The Balaban J connectivity index is 2.43. The second kappa shape index (κ2) is 6.04. The number of rotatable bonds is 5. The number of ether oxygens (including phenoxy) is 2. The predicted octanol–water partition coefficient (Wildman–Crippen LogP) is 2.52. The molecule has 1 aromatic carbocycles. The van der Waals surface area contributed by atoms with Gasteiger partial charge in [-0.05, 0) is 31.5 Å². The van der Waals surface area contributed by atoms with Gasteiger partial charge in [-0.15, -0.1) is 0 Å². The van der Waals surface area contributed by atoms with E-state index >= 15 is 0 Å². The molecule has 19 heavy (non-hydrogen) atoms. The van der Waals surface area contributed by atoms with E-state index in [-0.39, 0.29) is 0 Å². The highest BCUT2D eigenvalue weighted by Crippen LogP contribution is 2.33. The zero-order valence-electron chi connectivity index (χ0n) is 11.1. The van der Waals surface area contributed by atoms with Gasteiger partial charge in [0.2, 0.25) is 0 Å². The average Bonchev–Trinajstić information content (AvgIpc) is 2.42. The van der Waals surface area contributed by atoms with Crippen LogP contribution in [0.5, 0.6) is 11.5 Å². The first-order valence-electron chi connectivity index (χ1n) is 6.21. The zero-order valence-corrected chi connectivity index (χ0v) is 11.1. The molecule has 0 saturated carbocycles. The van der Waals surface area contributed by atoms with Crippen LogP contribution in [0, 0.1) is 0 Å². The number of hydrogen-bond donors (Lipinski definition) is 1. The molecule has 0 atom stereocenters. The summed E-state index contributed by atoms with van der Waals surface area (Å²) in [6.45, 7) is 5.04. The molecule has 0 bridgehead atoms. The lowest BCUT2D eigenvalue weighted by Gasteiger charge is -2.12. The number of nitrogen functional groups attached to an aromatic ring is 1. The lowest BCUT2D eigenvalue weighted by atomic mass is 10.1. The van der Waals surface area contributed by atoms with Crippen LogP contribution in [0.2, 0.25) is 0 Å². The molecule has 0 fully saturated rings. The van der Waals surface area contributed by atoms with Crippen LogP contribution in [0.4, 0.5) is 5.82 Å². The van der Waals surface area contributed by atoms with E-state index < -0.39 is 0 Å². The molecular weight excluding hydrogens is 242 g/mol. The lowest BCUT2D eigenvalue weighted by molar-refractivity contribution is 0.288. The van der Waals surface area contributed by atoms with Gasteiger partial charge in [0.15, 0.2) is 11.5 Å². The summed E-state index contributed by atoms with van der Waals surface area (Å²) in [5, 5.41) is 0. The maximum Gasteiger partial charge on any atom is 0.161 e. The molecule has 5 heteroatoms. The van der Waals surface area contributed by atoms with Crippen LogP contribution in [0.3, 0.4) is 0 Å². The van der Waals surface area contributed by atoms with Crippen molar-refractivity contribution in [3.63, 3.8) is 0 Å². The summed E-state index contributed by atoms with van der Waals surface area (Å²) in [5.41, 5.74) is 7.54. The summed E-state index contributed by atoms with van der Waals surface area (Å²) in [6, 6.07) is 5.68. The van der Waals surface area contributed by atoms with Crippen molar-refractivity contribution < 1.29 is 9.47 Å². The van der Waals surface area contributed by atoms with Crippen molar-refractivity contribution in [2.75, 3.05) is 18.9 Å². The van der Waals surface area contributed by atoms with Gasteiger partial charge >= 0.3 is 0 Å². The van der Waals surface area contributed by atoms with Gasteiger partial charge in [0.1, 0.15) is 12.1 Å². The first kappa shape index (κ1) is 13.1. The van der Waals surface area contributed by atoms with Crippen molar-refractivity contribution in [1.82, 2.24) is 9.97 Å². The van der Waals surface area contributed by atoms with E-state index in [1.54, 1.807) is 6.20 Å². The maximum atomic E-state index is 5.85. The number of benzene rings is 1. The average molecular weight is 259 g/mol. The predicted molar refractivity (Wildman–Crippen MR) is 74.2 cm³/mol. The van der Waals surface area contributed by atoms with Gasteiger partial charge in [0.25, 0.3) is 0 Å². The second-order valence-corrected chi connectivity index (χ2v) is 3.85. The van der Waals surface area contributed by atoms with E-state index in [1.807, 2.05) is 32.0 Å². The van der Waals surface area contributed by atoms with Crippen molar-refractivity contribution >= 4 is 5.82 Å². The van der Waals surface area contributed by atoms with Gasteiger partial charge in [-0.25, -0.2) is 9.97 Å². The smallest absolute Gasteiger partial charge is 0.161 e. The molecule has 0 unspecified atom stereocenters. The van der Waals surface area contributed by atoms with E-state index in [1.165, 1.54) is 6.33 Å². The highest BCUT2D eigenvalue weighted by Gasteiger charge is 2.09. The molecule has 0 radical (unpaired) electrons. The molecule has 2 aromatic rings. The molecule has 1 heterocycles. The summed E-state index contributed by atoms with van der Waals surface area (Å²) in [6.07, 6.45) is 3.12. The fourth-order valence-corrected chi connectivity index (χ4v) is 1.78. The van der Waals surface area contributed by atoms with Crippen LogP contribution in [-0.4, -0.2) is 23.2 Å². The number of nitrogens with two attached hydrogens (primary N) is 1. The largest absolute Gasteiger partial charge is 0.490 e. The highest BCUT2D eigenvalue weighted by molar-refractivity contribution is 5.74. The van der Waals surface area contributed by atoms with Gasteiger partial charge in [-0.2, -0.15) is 0 Å². The molecule has 5 nitrogen and oxygen atoms in total. The third-order valence-electron chi connectivity index (χ3n) is 2.60. The van der Waals surface area contributed by atoms with Gasteiger partial charge in [0, 0.05) is 11.8 Å². The summed E-state index contributed by atoms with van der Waals surface area (Å²) >= 11 is 0. The van der Waals surface area contributed by atoms with Crippen LogP contribution in [0.1, 0.15) is 13.8 Å². The Morgan fingerprint density at radius 1 is 1.11 bits per heavy atom. The maximum absolute atomic E-state index is 5.85. The Labute approximate surface area is 112 Å². The molecular formula is C14H17N3O2. The fourth-order valence-electron chi connectivity index (χ4n) is 1.78. The van der Waals surface area contributed by atoms with E-state index in [0.29, 0.717) is 24.8 Å². The van der Waals surface area contributed by atoms with Crippen LogP contribution >= 0.6 is 0 Å². The summed E-state index contributed by atoms with van der Waals surface area (Å²) in [5.74, 6) is 1.87. The molecule has 2 N–H and O–H groups in total. The minimum Gasteiger partial charge on any atom is -0.490 e. The first-order chi connectivity index (χ1) is 9.26. The molecule has 0 spiro atoms. The van der Waals surface area contributed by atoms with Gasteiger partial charge in [-0.3, -0.25) is 0 Å². The lowest BCUT2D eigenvalue weighted by Crippen LogP contribution is -1.99. The minimum absolute atomic E-state index is 0.446. The first-order valence-corrected chi connectivity index (χ1v) is 6.21. The molecule has 0 amide bonds. The molecule has 0 aliphatic heterocycles. The molecule has 100 valence electrons. The normalized spacial score (nSPS) is 10.2. The Hall–Kier alpha value is -2.30. The van der Waals surface area contributed by atoms with Crippen molar-refractivity contribution in [1.29, 1.82) is 0 Å². The zero-order chi connectivity index (χ0) is 13.7. The number of nitrogens with zero attached hydrogens (tertiary/aromatic N) is 2.